The standard InChI is InChI=1S/C23H22N4O5/c1-15-8-10-17(11-9-15)24-22(28)21(16-6-4-3-5-7-16)26-23(29)25-19-14-18(27(30)31)12-13-20(19)32-2/h3-14,21H,1-2H3,(H,24,28)(H2,25,26,29). The van der Waals surface area contributed by atoms with Crippen molar-refractivity contribution in [3.05, 3.63) is 94.0 Å². The molecular weight excluding hydrogens is 412 g/mol. The molecule has 0 heterocycles. The highest BCUT2D eigenvalue weighted by Gasteiger charge is 2.24. The zero-order chi connectivity index (χ0) is 23.1. The second-order valence-electron chi connectivity index (χ2n) is 6.94. The number of amides is 3. The van der Waals surface area contributed by atoms with Crippen molar-refractivity contribution in [1.29, 1.82) is 0 Å². The highest BCUT2D eigenvalue weighted by atomic mass is 16.6. The van der Waals surface area contributed by atoms with Crippen LogP contribution in [0.2, 0.25) is 0 Å². The van der Waals surface area contributed by atoms with E-state index < -0.39 is 22.9 Å². The molecule has 1 unspecified atom stereocenters. The van der Waals surface area contributed by atoms with Gasteiger partial charge in [-0.25, -0.2) is 4.79 Å². The number of benzene rings is 3. The van der Waals surface area contributed by atoms with Crippen molar-refractivity contribution in [3.8, 4) is 5.75 Å². The van der Waals surface area contributed by atoms with E-state index in [1.807, 2.05) is 19.1 Å². The number of nitro benzene ring substituents is 1. The van der Waals surface area contributed by atoms with E-state index in [4.69, 9.17) is 4.74 Å². The Kier molecular flexibility index (Phi) is 7.02. The van der Waals surface area contributed by atoms with Gasteiger partial charge in [0.05, 0.1) is 17.7 Å². The van der Waals surface area contributed by atoms with E-state index in [1.54, 1.807) is 42.5 Å². The first-order valence-electron chi connectivity index (χ1n) is 9.70. The third kappa shape index (κ3) is 5.60. The lowest BCUT2D eigenvalue weighted by atomic mass is 10.1. The number of hydrogen-bond donors (Lipinski definition) is 3. The van der Waals surface area contributed by atoms with Crippen molar-refractivity contribution < 1.29 is 19.2 Å². The average molecular weight is 434 g/mol. The minimum Gasteiger partial charge on any atom is -0.495 e. The maximum atomic E-state index is 13.0. The molecule has 0 fully saturated rings. The number of urea groups is 1. The lowest BCUT2D eigenvalue weighted by Gasteiger charge is -2.20. The van der Waals surface area contributed by atoms with E-state index in [9.17, 15) is 19.7 Å². The number of ether oxygens (including phenoxy) is 1. The number of carbonyl (C=O) groups is 2. The number of nitrogens with zero attached hydrogens (tertiary/aromatic N) is 1. The van der Waals surface area contributed by atoms with Gasteiger partial charge in [0.25, 0.3) is 11.6 Å². The smallest absolute Gasteiger partial charge is 0.320 e. The van der Waals surface area contributed by atoms with E-state index in [2.05, 4.69) is 16.0 Å². The van der Waals surface area contributed by atoms with Crippen molar-refractivity contribution in [3.63, 3.8) is 0 Å². The Labute approximate surface area is 184 Å². The highest BCUT2D eigenvalue weighted by Crippen LogP contribution is 2.29. The summed E-state index contributed by atoms with van der Waals surface area (Å²) in [5.41, 5.74) is 2.09. The molecule has 3 amide bonds. The van der Waals surface area contributed by atoms with E-state index in [-0.39, 0.29) is 17.1 Å². The predicted octanol–water partition coefficient (Wildman–Crippen LogP) is 4.41. The van der Waals surface area contributed by atoms with Gasteiger partial charge >= 0.3 is 6.03 Å². The minimum absolute atomic E-state index is 0.102. The van der Waals surface area contributed by atoms with Crippen molar-refractivity contribution in [2.45, 2.75) is 13.0 Å². The van der Waals surface area contributed by atoms with Gasteiger partial charge in [-0.2, -0.15) is 0 Å². The molecule has 0 aliphatic rings. The number of anilines is 2. The summed E-state index contributed by atoms with van der Waals surface area (Å²) in [6, 6.07) is 18.1. The number of non-ortho nitro benzene ring substituents is 1. The molecule has 0 saturated heterocycles. The molecule has 164 valence electrons. The summed E-state index contributed by atoms with van der Waals surface area (Å²) in [5.74, 6) is -0.202. The number of nitro groups is 1. The lowest BCUT2D eigenvalue weighted by molar-refractivity contribution is -0.384. The van der Waals surface area contributed by atoms with E-state index >= 15 is 0 Å². The molecular formula is C23H22N4O5. The normalized spacial score (nSPS) is 11.2. The Hall–Kier alpha value is -4.40. The van der Waals surface area contributed by atoms with Crippen molar-refractivity contribution in [2.24, 2.45) is 0 Å². The van der Waals surface area contributed by atoms with Crippen LogP contribution in [0.1, 0.15) is 17.2 Å². The van der Waals surface area contributed by atoms with Crippen LogP contribution >= 0.6 is 0 Å². The monoisotopic (exact) mass is 434 g/mol. The van der Waals surface area contributed by atoms with Crippen LogP contribution in [0.25, 0.3) is 0 Å². The van der Waals surface area contributed by atoms with Crippen LogP contribution in [0.15, 0.2) is 72.8 Å². The number of nitrogens with one attached hydrogen (secondary N) is 3. The quantitative estimate of drug-likeness (QED) is 0.375. The molecule has 3 aromatic carbocycles. The van der Waals surface area contributed by atoms with Gasteiger partial charge in [0.1, 0.15) is 11.8 Å². The zero-order valence-corrected chi connectivity index (χ0v) is 17.5. The van der Waals surface area contributed by atoms with Crippen LogP contribution in [0.4, 0.5) is 21.9 Å². The second-order valence-corrected chi connectivity index (χ2v) is 6.94. The lowest BCUT2D eigenvalue weighted by Crippen LogP contribution is -2.39. The van der Waals surface area contributed by atoms with E-state index in [1.165, 1.54) is 25.3 Å². The highest BCUT2D eigenvalue weighted by molar-refractivity contribution is 6.00. The number of hydrogen-bond acceptors (Lipinski definition) is 5. The van der Waals surface area contributed by atoms with Gasteiger partial charge in [0.2, 0.25) is 0 Å². The van der Waals surface area contributed by atoms with Gasteiger partial charge in [0, 0.05) is 17.8 Å². The summed E-state index contributed by atoms with van der Waals surface area (Å²) in [5, 5.41) is 19.0. The molecule has 0 bridgehead atoms. The molecule has 9 heteroatoms. The molecule has 0 saturated carbocycles. The topological polar surface area (TPSA) is 123 Å². The molecule has 0 spiro atoms. The van der Waals surface area contributed by atoms with E-state index in [0.717, 1.165) is 5.56 Å². The molecule has 3 rings (SSSR count). The first kappa shape index (κ1) is 22.3. The zero-order valence-electron chi connectivity index (χ0n) is 17.5. The van der Waals surface area contributed by atoms with Gasteiger partial charge in [0.15, 0.2) is 0 Å². The summed E-state index contributed by atoms with van der Waals surface area (Å²) < 4.78 is 5.16. The first-order valence-corrected chi connectivity index (χ1v) is 9.70. The Morgan fingerprint density at radius 1 is 0.969 bits per heavy atom. The molecule has 0 radical (unpaired) electrons. The SMILES string of the molecule is COc1ccc([N+](=O)[O-])cc1NC(=O)NC(C(=O)Nc1ccc(C)cc1)c1ccccc1. The molecule has 1 atom stereocenters. The van der Waals surface area contributed by atoms with Crippen LogP contribution in [-0.2, 0) is 4.79 Å². The van der Waals surface area contributed by atoms with Crippen LogP contribution in [0.5, 0.6) is 5.75 Å². The fourth-order valence-electron chi connectivity index (χ4n) is 2.99. The van der Waals surface area contributed by atoms with Crippen molar-refractivity contribution in [2.75, 3.05) is 17.7 Å². The summed E-state index contributed by atoms with van der Waals surface area (Å²) >= 11 is 0. The molecule has 3 N–H and O–H groups in total. The fraction of sp³-hybridized carbons (Fsp3) is 0.130. The van der Waals surface area contributed by atoms with Gasteiger partial charge in [-0.05, 0) is 30.7 Å². The van der Waals surface area contributed by atoms with Crippen molar-refractivity contribution >= 4 is 29.0 Å². The molecule has 3 aromatic rings. The van der Waals surface area contributed by atoms with Gasteiger partial charge in [-0.15, -0.1) is 0 Å². The molecule has 0 aromatic heterocycles. The average Bonchev–Trinajstić information content (AvgIpc) is 2.79. The first-order chi connectivity index (χ1) is 15.4. The van der Waals surface area contributed by atoms with Crippen LogP contribution in [-0.4, -0.2) is 24.0 Å². The van der Waals surface area contributed by atoms with E-state index in [0.29, 0.717) is 11.3 Å². The third-order valence-electron chi connectivity index (χ3n) is 4.63. The molecule has 0 aliphatic carbocycles. The third-order valence-corrected chi connectivity index (χ3v) is 4.63. The number of rotatable bonds is 7. The number of aryl methyl sites for hydroxylation is 1. The van der Waals surface area contributed by atoms with Crippen LogP contribution < -0.4 is 20.7 Å². The van der Waals surface area contributed by atoms with Crippen molar-refractivity contribution in [1.82, 2.24) is 5.32 Å². The Morgan fingerprint density at radius 2 is 1.66 bits per heavy atom. The summed E-state index contributed by atoms with van der Waals surface area (Å²) in [6.07, 6.45) is 0. The van der Waals surface area contributed by atoms with Crippen LogP contribution in [0, 0.1) is 17.0 Å². The van der Waals surface area contributed by atoms with Gasteiger partial charge in [-0.3, -0.25) is 14.9 Å². The second kappa shape index (κ2) is 10.1. The Bertz CT molecular complexity index is 1120. The van der Waals surface area contributed by atoms with Crippen LogP contribution in [0.3, 0.4) is 0 Å². The fourth-order valence-corrected chi connectivity index (χ4v) is 2.99. The maximum absolute atomic E-state index is 13.0. The Morgan fingerprint density at radius 3 is 2.28 bits per heavy atom. The summed E-state index contributed by atoms with van der Waals surface area (Å²) in [6.45, 7) is 1.94. The van der Waals surface area contributed by atoms with Gasteiger partial charge < -0.3 is 20.7 Å². The number of carbonyl (C=O) groups excluding carboxylic acids is 2. The largest absolute Gasteiger partial charge is 0.495 e. The summed E-state index contributed by atoms with van der Waals surface area (Å²) in [7, 11) is 1.38. The number of methoxy groups -OCH3 is 1. The summed E-state index contributed by atoms with van der Waals surface area (Å²) in [4.78, 5) is 36.2. The maximum Gasteiger partial charge on any atom is 0.320 e. The van der Waals surface area contributed by atoms with Gasteiger partial charge in [-0.1, -0.05) is 48.0 Å². The Balaban J connectivity index is 1.81. The predicted molar refractivity (Wildman–Crippen MR) is 121 cm³/mol. The molecule has 9 nitrogen and oxygen atoms in total. The molecule has 0 aliphatic heterocycles. The molecule has 32 heavy (non-hydrogen) atoms. The minimum atomic E-state index is -1.01.